The Bertz CT molecular complexity index is 371. The van der Waals surface area contributed by atoms with E-state index in [-0.39, 0.29) is 17.6 Å². The van der Waals surface area contributed by atoms with E-state index in [1.54, 1.807) is 0 Å². The fraction of sp³-hybridized carbons (Fsp3) is 0.938. The molecule has 0 radical (unpaired) electrons. The van der Waals surface area contributed by atoms with E-state index < -0.39 is 0 Å². The molecule has 5 heteroatoms. The van der Waals surface area contributed by atoms with Gasteiger partial charge in [0.25, 0.3) is 0 Å². The molecule has 5 fully saturated rings. The van der Waals surface area contributed by atoms with Gasteiger partial charge in [-0.15, -0.1) is 0 Å². The molecule has 0 aromatic heterocycles. The average Bonchev–Trinajstić information content (AvgIpc) is 2.44. The molecule has 5 nitrogen and oxygen atoms in total. The second kappa shape index (κ2) is 5.43. The monoisotopic (exact) mass is 293 g/mol. The maximum absolute atomic E-state index is 12.3. The lowest BCUT2D eigenvalue weighted by Gasteiger charge is -2.56. The van der Waals surface area contributed by atoms with Crippen molar-refractivity contribution in [3.8, 4) is 0 Å². The summed E-state index contributed by atoms with van der Waals surface area (Å²) in [5.74, 6) is 2.60. The average molecular weight is 293 g/mol. The van der Waals surface area contributed by atoms with Crippen LogP contribution in [-0.4, -0.2) is 43.9 Å². The number of ether oxygens (including phenoxy) is 1. The molecule has 21 heavy (non-hydrogen) atoms. The predicted octanol–water partition coefficient (Wildman–Crippen LogP) is 1.24. The highest BCUT2D eigenvalue weighted by Crippen LogP contribution is 2.55. The molecule has 0 aromatic rings. The predicted molar refractivity (Wildman–Crippen MR) is 80.0 cm³/mol. The topological polar surface area (TPSA) is 62.4 Å². The third kappa shape index (κ3) is 2.90. The Morgan fingerprint density at radius 3 is 2.38 bits per heavy atom. The van der Waals surface area contributed by atoms with E-state index in [1.165, 1.54) is 38.5 Å². The van der Waals surface area contributed by atoms with E-state index in [2.05, 4.69) is 16.0 Å². The van der Waals surface area contributed by atoms with Crippen LogP contribution in [0.2, 0.25) is 0 Å². The summed E-state index contributed by atoms with van der Waals surface area (Å²) in [7, 11) is 0. The lowest BCUT2D eigenvalue weighted by atomic mass is 9.53. The summed E-state index contributed by atoms with van der Waals surface area (Å²) in [6.45, 7) is 2.99. The summed E-state index contributed by atoms with van der Waals surface area (Å²) in [6, 6.07) is 0.269. The number of carbonyl (C=O) groups excluding carboxylic acids is 1. The molecular weight excluding hydrogens is 266 g/mol. The molecule has 4 saturated carbocycles. The molecule has 0 spiro atoms. The standard InChI is InChI=1S/C16H27N3O2/c20-15(18-9-14-10-21-2-1-17-14)19-16-6-11-3-12(7-16)5-13(4-11)8-16/h11-14,17H,1-10H2,(H2,18,19,20). The first-order valence-electron chi connectivity index (χ1n) is 8.58. The molecule has 2 amide bonds. The smallest absolute Gasteiger partial charge is 0.315 e. The largest absolute Gasteiger partial charge is 0.378 e. The Labute approximate surface area is 126 Å². The first kappa shape index (κ1) is 13.8. The summed E-state index contributed by atoms with van der Waals surface area (Å²) in [5.41, 5.74) is 0.106. The third-order valence-corrected chi connectivity index (χ3v) is 5.92. The van der Waals surface area contributed by atoms with Crippen molar-refractivity contribution in [2.45, 2.75) is 50.1 Å². The normalized spacial score (nSPS) is 44.6. The Kier molecular flexibility index (Phi) is 3.58. The number of nitrogens with one attached hydrogen (secondary N) is 3. The zero-order valence-corrected chi connectivity index (χ0v) is 12.7. The van der Waals surface area contributed by atoms with Gasteiger partial charge in [0.2, 0.25) is 0 Å². The lowest BCUT2D eigenvalue weighted by molar-refractivity contribution is -0.0136. The fourth-order valence-electron chi connectivity index (χ4n) is 5.52. The van der Waals surface area contributed by atoms with Crippen molar-refractivity contribution in [2.75, 3.05) is 26.3 Å². The molecule has 3 N–H and O–H groups in total. The van der Waals surface area contributed by atoms with E-state index >= 15 is 0 Å². The fourth-order valence-corrected chi connectivity index (χ4v) is 5.52. The molecule has 1 saturated heterocycles. The highest BCUT2D eigenvalue weighted by Gasteiger charge is 2.51. The SMILES string of the molecule is O=C(NCC1COCCN1)NC12CC3CC(CC(C3)C1)C2. The van der Waals surface area contributed by atoms with Crippen molar-refractivity contribution in [2.24, 2.45) is 17.8 Å². The van der Waals surface area contributed by atoms with E-state index in [4.69, 9.17) is 4.74 Å². The molecular formula is C16H27N3O2. The molecule has 0 aromatic carbocycles. The van der Waals surface area contributed by atoms with Crippen LogP contribution < -0.4 is 16.0 Å². The first-order chi connectivity index (χ1) is 10.2. The number of hydrogen-bond donors (Lipinski definition) is 3. The second-order valence-electron chi connectivity index (χ2n) is 7.76. The highest BCUT2D eigenvalue weighted by atomic mass is 16.5. The maximum atomic E-state index is 12.3. The number of hydrogen-bond acceptors (Lipinski definition) is 3. The molecule has 4 aliphatic carbocycles. The van der Waals surface area contributed by atoms with Gasteiger partial charge in [-0.2, -0.15) is 0 Å². The van der Waals surface area contributed by atoms with Crippen molar-refractivity contribution >= 4 is 6.03 Å². The van der Waals surface area contributed by atoms with Crippen LogP contribution in [0, 0.1) is 17.8 Å². The number of carbonyl (C=O) groups is 1. The summed E-state index contributed by atoms with van der Waals surface area (Å²) in [6.07, 6.45) is 7.84. The quantitative estimate of drug-likeness (QED) is 0.734. The number of amides is 2. The number of morpholine rings is 1. The first-order valence-corrected chi connectivity index (χ1v) is 8.58. The minimum absolute atomic E-state index is 0.0179. The van der Waals surface area contributed by atoms with Gasteiger partial charge in [-0.25, -0.2) is 4.79 Å². The third-order valence-electron chi connectivity index (χ3n) is 5.92. The molecule has 1 heterocycles. The van der Waals surface area contributed by atoms with Crippen LogP contribution in [0.25, 0.3) is 0 Å². The van der Waals surface area contributed by atoms with Crippen LogP contribution in [0.5, 0.6) is 0 Å². The van der Waals surface area contributed by atoms with Gasteiger partial charge in [-0.1, -0.05) is 0 Å². The minimum atomic E-state index is 0.0179. The molecule has 1 aliphatic heterocycles. The van der Waals surface area contributed by atoms with Crippen LogP contribution in [0.1, 0.15) is 38.5 Å². The maximum Gasteiger partial charge on any atom is 0.315 e. The Morgan fingerprint density at radius 2 is 1.81 bits per heavy atom. The van der Waals surface area contributed by atoms with Crippen LogP contribution in [0.15, 0.2) is 0 Å². The highest BCUT2D eigenvalue weighted by molar-refractivity contribution is 5.75. The van der Waals surface area contributed by atoms with Crippen molar-refractivity contribution in [3.63, 3.8) is 0 Å². The van der Waals surface area contributed by atoms with Crippen molar-refractivity contribution in [3.05, 3.63) is 0 Å². The summed E-state index contributed by atoms with van der Waals surface area (Å²) < 4.78 is 5.41. The van der Waals surface area contributed by atoms with Gasteiger partial charge in [-0.05, 0) is 56.3 Å². The molecule has 5 aliphatic rings. The van der Waals surface area contributed by atoms with Gasteiger partial charge in [0.15, 0.2) is 0 Å². The molecule has 1 atom stereocenters. The van der Waals surface area contributed by atoms with Gasteiger partial charge >= 0.3 is 6.03 Å². The van der Waals surface area contributed by atoms with Gasteiger partial charge in [0.05, 0.1) is 13.2 Å². The van der Waals surface area contributed by atoms with E-state index in [0.29, 0.717) is 13.2 Å². The number of urea groups is 1. The van der Waals surface area contributed by atoms with Crippen LogP contribution >= 0.6 is 0 Å². The van der Waals surface area contributed by atoms with E-state index in [1.807, 2.05) is 0 Å². The van der Waals surface area contributed by atoms with Gasteiger partial charge in [0.1, 0.15) is 0 Å². The van der Waals surface area contributed by atoms with Gasteiger partial charge in [-0.3, -0.25) is 0 Å². The van der Waals surface area contributed by atoms with Crippen LogP contribution in [0.4, 0.5) is 4.79 Å². The lowest BCUT2D eigenvalue weighted by Crippen LogP contribution is -2.62. The van der Waals surface area contributed by atoms with Crippen molar-refractivity contribution in [1.29, 1.82) is 0 Å². The minimum Gasteiger partial charge on any atom is -0.378 e. The zero-order chi connectivity index (χ0) is 14.3. The number of rotatable bonds is 3. The van der Waals surface area contributed by atoms with Crippen LogP contribution in [-0.2, 0) is 4.74 Å². The Balaban J connectivity index is 1.30. The molecule has 118 valence electrons. The Morgan fingerprint density at radius 1 is 1.14 bits per heavy atom. The van der Waals surface area contributed by atoms with Gasteiger partial charge < -0.3 is 20.7 Å². The Hall–Kier alpha value is -0.810. The second-order valence-corrected chi connectivity index (χ2v) is 7.76. The van der Waals surface area contributed by atoms with Gasteiger partial charge in [0, 0.05) is 24.7 Å². The van der Waals surface area contributed by atoms with Crippen LogP contribution in [0.3, 0.4) is 0 Å². The zero-order valence-electron chi connectivity index (χ0n) is 12.7. The molecule has 4 bridgehead atoms. The van der Waals surface area contributed by atoms with Crippen molar-refractivity contribution in [1.82, 2.24) is 16.0 Å². The van der Waals surface area contributed by atoms with E-state index in [0.717, 1.165) is 30.9 Å². The summed E-state index contributed by atoms with van der Waals surface area (Å²) in [5, 5.41) is 9.75. The summed E-state index contributed by atoms with van der Waals surface area (Å²) >= 11 is 0. The summed E-state index contributed by atoms with van der Waals surface area (Å²) in [4.78, 5) is 12.3. The molecule has 5 rings (SSSR count). The van der Waals surface area contributed by atoms with Crippen molar-refractivity contribution < 1.29 is 9.53 Å². The van der Waals surface area contributed by atoms with E-state index in [9.17, 15) is 4.79 Å². The molecule has 1 unspecified atom stereocenters.